The molecule has 1 heterocycles. The van der Waals surface area contributed by atoms with Crippen LogP contribution in [0.4, 0.5) is 5.69 Å². The van der Waals surface area contributed by atoms with Crippen molar-refractivity contribution in [1.29, 1.82) is 0 Å². The molecule has 4 rings (SSSR count). The average molecular weight is 483 g/mol. The number of fused-ring (bicyclic) bond motifs is 1. The molecule has 0 aliphatic carbocycles. The summed E-state index contributed by atoms with van der Waals surface area (Å²) in [5, 5.41) is 4.18. The normalized spacial score (nSPS) is 11.5. The highest BCUT2D eigenvalue weighted by Crippen LogP contribution is 2.31. The van der Waals surface area contributed by atoms with Gasteiger partial charge in [0.05, 0.1) is 0 Å². The number of hydrogen-bond acceptors (Lipinski definition) is 3. The summed E-state index contributed by atoms with van der Waals surface area (Å²) in [5.41, 5.74) is 6.15. The first-order chi connectivity index (χ1) is 17.4. The molecule has 4 nitrogen and oxygen atoms in total. The van der Waals surface area contributed by atoms with E-state index < -0.39 is 0 Å². The molecule has 0 fully saturated rings. The van der Waals surface area contributed by atoms with Crippen LogP contribution in [-0.2, 0) is 19.4 Å². The van der Waals surface area contributed by atoms with E-state index in [0.717, 1.165) is 61.2 Å². The van der Waals surface area contributed by atoms with Gasteiger partial charge in [-0.15, -0.1) is 0 Å². The van der Waals surface area contributed by atoms with E-state index in [4.69, 9.17) is 4.42 Å². The van der Waals surface area contributed by atoms with Crippen molar-refractivity contribution < 1.29 is 9.21 Å². The van der Waals surface area contributed by atoms with Crippen LogP contribution in [0.1, 0.15) is 72.3 Å². The molecule has 0 spiro atoms. The molecule has 1 N–H and O–H groups in total. The molecule has 1 amide bonds. The van der Waals surface area contributed by atoms with Crippen LogP contribution in [0.25, 0.3) is 11.0 Å². The van der Waals surface area contributed by atoms with Gasteiger partial charge in [-0.2, -0.15) is 0 Å². The van der Waals surface area contributed by atoms with Crippen LogP contribution in [0.3, 0.4) is 0 Å². The highest BCUT2D eigenvalue weighted by atomic mass is 16.3. The Morgan fingerprint density at radius 3 is 2.42 bits per heavy atom. The van der Waals surface area contributed by atoms with Gasteiger partial charge in [0.25, 0.3) is 5.91 Å². The van der Waals surface area contributed by atoms with Gasteiger partial charge in [0.2, 0.25) is 0 Å². The molecule has 0 aliphatic rings. The SMILES string of the molecule is CCCCc1oc2ccc(NC(=O)c3ccc(C(C)C)cc3)cc2c1CCN(C)Cc1ccccc1. The molecule has 4 aromatic rings. The number of furan rings is 1. The zero-order valence-electron chi connectivity index (χ0n) is 22.0. The van der Waals surface area contributed by atoms with E-state index in [1.54, 1.807) is 0 Å². The summed E-state index contributed by atoms with van der Waals surface area (Å²) in [6, 6.07) is 24.4. The molecular formula is C32H38N2O2. The van der Waals surface area contributed by atoms with E-state index in [2.05, 4.69) is 74.4 Å². The molecule has 0 saturated carbocycles. The number of hydrogen-bond donors (Lipinski definition) is 1. The second-order valence-electron chi connectivity index (χ2n) is 10.0. The number of nitrogens with zero attached hydrogens (tertiary/aromatic N) is 1. The Balaban J connectivity index is 1.52. The number of aryl methyl sites for hydroxylation is 1. The summed E-state index contributed by atoms with van der Waals surface area (Å²) in [7, 11) is 2.16. The van der Waals surface area contributed by atoms with Crippen LogP contribution in [-0.4, -0.2) is 24.4 Å². The lowest BCUT2D eigenvalue weighted by atomic mass is 10.0. The van der Waals surface area contributed by atoms with Gasteiger partial charge in [-0.3, -0.25) is 4.79 Å². The zero-order valence-corrected chi connectivity index (χ0v) is 22.0. The Kier molecular flexibility index (Phi) is 8.61. The molecule has 36 heavy (non-hydrogen) atoms. The first kappa shape index (κ1) is 25.7. The Bertz CT molecular complexity index is 1270. The minimum absolute atomic E-state index is 0.0940. The molecule has 3 aromatic carbocycles. The number of benzene rings is 3. The molecule has 0 unspecified atom stereocenters. The van der Waals surface area contributed by atoms with Gasteiger partial charge < -0.3 is 14.6 Å². The number of likely N-dealkylation sites (N-methyl/N-ethyl adjacent to an activating group) is 1. The van der Waals surface area contributed by atoms with Gasteiger partial charge in [0.1, 0.15) is 11.3 Å². The highest BCUT2D eigenvalue weighted by Gasteiger charge is 2.16. The molecule has 188 valence electrons. The van der Waals surface area contributed by atoms with Crippen molar-refractivity contribution in [2.45, 2.75) is 58.9 Å². The van der Waals surface area contributed by atoms with Crippen LogP contribution in [0.15, 0.2) is 77.2 Å². The van der Waals surface area contributed by atoms with Crippen LogP contribution in [0, 0.1) is 0 Å². The predicted molar refractivity (Wildman–Crippen MR) is 150 cm³/mol. The molecule has 0 aliphatic heterocycles. The second-order valence-corrected chi connectivity index (χ2v) is 10.0. The molecular weight excluding hydrogens is 444 g/mol. The smallest absolute Gasteiger partial charge is 0.255 e. The van der Waals surface area contributed by atoms with Gasteiger partial charge in [0, 0.05) is 41.7 Å². The van der Waals surface area contributed by atoms with Crippen molar-refractivity contribution in [3.63, 3.8) is 0 Å². The maximum absolute atomic E-state index is 12.9. The number of anilines is 1. The summed E-state index contributed by atoms with van der Waals surface area (Å²) in [4.78, 5) is 15.3. The van der Waals surface area contributed by atoms with Gasteiger partial charge in [0.15, 0.2) is 0 Å². The van der Waals surface area contributed by atoms with Crippen molar-refractivity contribution in [3.8, 4) is 0 Å². The molecule has 0 radical (unpaired) electrons. The largest absolute Gasteiger partial charge is 0.461 e. The fourth-order valence-electron chi connectivity index (χ4n) is 4.59. The van der Waals surface area contributed by atoms with Gasteiger partial charge in [-0.1, -0.05) is 69.7 Å². The fourth-order valence-corrected chi connectivity index (χ4v) is 4.59. The Hall–Kier alpha value is -3.37. The Morgan fingerprint density at radius 1 is 0.972 bits per heavy atom. The maximum Gasteiger partial charge on any atom is 0.255 e. The lowest BCUT2D eigenvalue weighted by Gasteiger charge is -2.17. The third kappa shape index (κ3) is 6.44. The van der Waals surface area contributed by atoms with Gasteiger partial charge in [-0.05, 0) is 67.3 Å². The number of carbonyl (C=O) groups excluding carboxylic acids is 1. The third-order valence-corrected chi connectivity index (χ3v) is 6.77. The number of carbonyl (C=O) groups is 1. The molecule has 0 bridgehead atoms. The zero-order chi connectivity index (χ0) is 25.5. The summed E-state index contributed by atoms with van der Waals surface area (Å²) >= 11 is 0. The van der Waals surface area contributed by atoms with E-state index >= 15 is 0 Å². The van der Waals surface area contributed by atoms with Gasteiger partial charge in [-0.25, -0.2) is 0 Å². The third-order valence-electron chi connectivity index (χ3n) is 6.77. The molecule has 0 saturated heterocycles. The summed E-state index contributed by atoms with van der Waals surface area (Å²) in [6.07, 6.45) is 4.07. The fraction of sp³-hybridized carbons (Fsp3) is 0.344. The first-order valence-corrected chi connectivity index (χ1v) is 13.1. The predicted octanol–water partition coefficient (Wildman–Crippen LogP) is 7.83. The lowest BCUT2D eigenvalue weighted by Crippen LogP contribution is -2.21. The maximum atomic E-state index is 12.9. The summed E-state index contributed by atoms with van der Waals surface area (Å²) in [6.45, 7) is 8.36. The molecule has 1 aromatic heterocycles. The van der Waals surface area contributed by atoms with Crippen LogP contribution < -0.4 is 5.32 Å². The van der Waals surface area contributed by atoms with Crippen molar-refractivity contribution in [2.75, 3.05) is 18.9 Å². The monoisotopic (exact) mass is 482 g/mol. The minimum Gasteiger partial charge on any atom is -0.461 e. The Labute approximate surface area is 215 Å². The minimum atomic E-state index is -0.0940. The number of rotatable bonds is 11. The van der Waals surface area contributed by atoms with Crippen molar-refractivity contribution in [2.24, 2.45) is 0 Å². The van der Waals surface area contributed by atoms with Crippen molar-refractivity contribution >= 4 is 22.6 Å². The van der Waals surface area contributed by atoms with E-state index in [1.807, 2.05) is 36.4 Å². The van der Waals surface area contributed by atoms with Gasteiger partial charge >= 0.3 is 0 Å². The van der Waals surface area contributed by atoms with Crippen LogP contribution >= 0.6 is 0 Å². The van der Waals surface area contributed by atoms with E-state index in [-0.39, 0.29) is 5.91 Å². The highest BCUT2D eigenvalue weighted by molar-refractivity contribution is 6.05. The second kappa shape index (κ2) is 12.0. The summed E-state index contributed by atoms with van der Waals surface area (Å²) in [5.74, 6) is 1.42. The van der Waals surface area contributed by atoms with Crippen molar-refractivity contribution in [1.82, 2.24) is 4.90 Å². The van der Waals surface area contributed by atoms with E-state index in [0.29, 0.717) is 11.5 Å². The first-order valence-electron chi connectivity index (χ1n) is 13.1. The molecule has 4 heteroatoms. The number of unbranched alkanes of at least 4 members (excludes halogenated alkanes) is 1. The standard InChI is InChI=1S/C32H38N2O2/c1-5-6-12-30-28(19-20-34(4)22-24-10-8-7-9-11-24)29-21-27(17-18-31(29)36-30)33-32(35)26-15-13-25(14-16-26)23(2)3/h7-11,13-18,21,23H,5-6,12,19-20,22H2,1-4H3,(H,33,35). The lowest BCUT2D eigenvalue weighted by molar-refractivity contribution is 0.102. The quantitative estimate of drug-likeness (QED) is 0.237. The summed E-state index contributed by atoms with van der Waals surface area (Å²) < 4.78 is 6.30. The molecule has 0 atom stereocenters. The average Bonchev–Trinajstić information content (AvgIpc) is 3.23. The van der Waals surface area contributed by atoms with Crippen LogP contribution in [0.5, 0.6) is 0 Å². The Morgan fingerprint density at radius 2 is 1.72 bits per heavy atom. The van der Waals surface area contributed by atoms with Crippen LogP contribution in [0.2, 0.25) is 0 Å². The van der Waals surface area contributed by atoms with Crippen molar-refractivity contribution in [3.05, 3.63) is 101 Å². The topological polar surface area (TPSA) is 45.5 Å². The number of amides is 1. The van der Waals surface area contributed by atoms with E-state index in [9.17, 15) is 4.79 Å². The number of nitrogens with one attached hydrogen (secondary N) is 1. The van der Waals surface area contributed by atoms with E-state index in [1.165, 1.54) is 16.7 Å².